The Labute approximate surface area is 112 Å². The van der Waals surface area contributed by atoms with Crippen molar-refractivity contribution in [3.63, 3.8) is 0 Å². The summed E-state index contributed by atoms with van der Waals surface area (Å²) in [6, 6.07) is 13.8. The smallest absolute Gasteiger partial charge is 0.148 e. The van der Waals surface area contributed by atoms with E-state index in [1.54, 1.807) is 0 Å². The van der Waals surface area contributed by atoms with E-state index in [1.165, 1.54) is 0 Å². The van der Waals surface area contributed by atoms with Crippen LogP contribution < -0.4 is 10.6 Å². The number of aliphatic hydroxyl groups is 1. The average molecular weight is 258 g/mol. The molecule has 5 nitrogen and oxygen atoms in total. The number of nitrogens with one attached hydrogen (secondary N) is 2. The molecule has 2 rings (SSSR count). The summed E-state index contributed by atoms with van der Waals surface area (Å²) in [5.74, 6) is 0.755. The van der Waals surface area contributed by atoms with Gasteiger partial charge in [0.05, 0.1) is 12.3 Å². The molecule has 0 unspecified atom stereocenters. The van der Waals surface area contributed by atoms with Crippen LogP contribution in [0.5, 0.6) is 0 Å². The minimum atomic E-state index is 0.158. The molecule has 0 aliphatic carbocycles. The molecule has 0 atom stereocenters. The number of nitrogens with zero attached hydrogens (tertiary/aromatic N) is 2. The van der Waals surface area contributed by atoms with Crippen molar-refractivity contribution in [2.24, 2.45) is 0 Å². The fraction of sp³-hybridized carbons (Fsp3) is 0.286. The van der Waals surface area contributed by atoms with Crippen LogP contribution in [-0.4, -0.2) is 41.5 Å². The monoisotopic (exact) mass is 258 g/mol. The van der Waals surface area contributed by atoms with E-state index in [1.807, 2.05) is 42.5 Å². The maximum atomic E-state index is 8.62. The topological polar surface area (TPSA) is 70.1 Å². The molecule has 1 heterocycles. The largest absolute Gasteiger partial charge is 0.395 e. The lowest BCUT2D eigenvalue weighted by Gasteiger charge is -2.06. The molecule has 0 saturated heterocycles. The van der Waals surface area contributed by atoms with Crippen LogP contribution in [-0.2, 0) is 0 Å². The highest BCUT2D eigenvalue weighted by Gasteiger charge is 1.99. The number of hydrogen-bond donors (Lipinski definition) is 3. The minimum Gasteiger partial charge on any atom is -0.395 e. The molecule has 2 aromatic rings. The van der Waals surface area contributed by atoms with E-state index in [-0.39, 0.29) is 6.61 Å². The molecule has 5 heteroatoms. The molecule has 0 amide bonds. The van der Waals surface area contributed by atoms with Gasteiger partial charge in [0, 0.05) is 25.2 Å². The van der Waals surface area contributed by atoms with Gasteiger partial charge in [-0.05, 0) is 12.1 Å². The number of aliphatic hydroxyl groups excluding tert-OH is 1. The molecular weight excluding hydrogens is 240 g/mol. The predicted octanol–water partition coefficient (Wildman–Crippen LogP) is 1.14. The second-order valence-electron chi connectivity index (χ2n) is 4.07. The van der Waals surface area contributed by atoms with Crippen molar-refractivity contribution >= 4 is 5.82 Å². The maximum Gasteiger partial charge on any atom is 0.148 e. The molecule has 0 bridgehead atoms. The fourth-order valence-corrected chi connectivity index (χ4v) is 1.67. The first-order valence-electron chi connectivity index (χ1n) is 6.35. The van der Waals surface area contributed by atoms with Crippen LogP contribution in [0.2, 0.25) is 0 Å². The lowest BCUT2D eigenvalue weighted by atomic mass is 10.1. The standard InChI is InChI=1S/C14H18N4O/c19-11-10-15-8-9-16-14-7-6-13(17-18-14)12-4-2-1-3-5-12/h1-7,15,19H,8-11H2,(H,16,18). The van der Waals surface area contributed by atoms with Gasteiger partial charge in [0.25, 0.3) is 0 Å². The third-order valence-corrected chi connectivity index (χ3v) is 2.63. The Kier molecular flexibility index (Phi) is 5.28. The maximum absolute atomic E-state index is 8.62. The molecular formula is C14H18N4O. The summed E-state index contributed by atoms with van der Waals surface area (Å²) in [6.07, 6.45) is 0. The van der Waals surface area contributed by atoms with Crippen molar-refractivity contribution in [3.05, 3.63) is 42.5 Å². The van der Waals surface area contributed by atoms with E-state index < -0.39 is 0 Å². The Hall–Kier alpha value is -1.98. The van der Waals surface area contributed by atoms with Gasteiger partial charge in [0.2, 0.25) is 0 Å². The van der Waals surface area contributed by atoms with Gasteiger partial charge in [-0.1, -0.05) is 30.3 Å². The van der Waals surface area contributed by atoms with Gasteiger partial charge in [-0.25, -0.2) is 0 Å². The van der Waals surface area contributed by atoms with Gasteiger partial charge in [-0.3, -0.25) is 0 Å². The quantitative estimate of drug-likeness (QED) is 0.650. The summed E-state index contributed by atoms with van der Waals surface area (Å²) in [6.45, 7) is 2.30. The second kappa shape index (κ2) is 7.45. The number of anilines is 1. The van der Waals surface area contributed by atoms with E-state index in [0.717, 1.165) is 30.2 Å². The Morgan fingerprint density at radius 2 is 1.74 bits per heavy atom. The van der Waals surface area contributed by atoms with Crippen LogP contribution in [0.25, 0.3) is 11.3 Å². The van der Waals surface area contributed by atoms with Crippen LogP contribution in [0.1, 0.15) is 0 Å². The summed E-state index contributed by atoms with van der Waals surface area (Å²) in [4.78, 5) is 0. The Morgan fingerprint density at radius 1 is 0.895 bits per heavy atom. The molecule has 0 saturated carbocycles. The van der Waals surface area contributed by atoms with E-state index in [9.17, 15) is 0 Å². The van der Waals surface area contributed by atoms with Crippen LogP contribution in [0.15, 0.2) is 42.5 Å². The van der Waals surface area contributed by atoms with Crippen molar-refractivity contribution in [2.45, 2.75) is 0 Å². The van der Waals surface area contributed by atoms with Gasteiger partial charge >= 0.3 is 0 Å². The summed E-state index contributed by atoms with van der Waals surface area (Å²) in [5.41, 5.74) is 1.93. The zero-order valence-electron chi connectivity index (χ0n) is 10.7. The normalized spacial score (nSPS) is 10.4. The highest BCUT2D eigenvalue weighted by atomic mass is 16.3. The summed E-state index contributed by atoms with van der Waals surface area (Å²) >= 11 is 0. The average Bonchev–Trinajstić information content (AvgIpc) is 2.49. The first kappa shape index (κ1) is 13.5. The zero-order valence-corrected chi connectivity index (χ0v) is 10.7. The minimum absolute atomic E-state index is 0.158. The molecule has 1 aromatic heterocycles. The third-order valence-electron chi connectivity index (χ3n) is 2.63. The first-order valence-corrected chi connectivity index (χ1v) is 6.35. The summed E-state index contributed by atoms with van der Waals surface area (Å²) in [7, 11) is 0. The molecule has 0 spiro atoms. The van der Waals surface area contributed by atoms with Crippen molar-refractivity contribution in [1.29, 1.82) is 0 Å². The SMILES string of the molecule is OCCNCCNc1ccc(-c2ccccc2)nn1. The van der Waals surface area contributed by atoms with Gasteiger partial charge in [0.15, 0.2) is 0 Å². The van der Waals surface area contributed by atoms with Gasteiger partial charge in [-0.2, -0.15) is 0 Å². The summed E-state index contributed by atoms with van der Waals surface area (Å²) < 4.78 is 0. The van der Waals surface area contributed by atoms with Crippen molar-refractivity contribution in [2.75, 3.05) is 31.6 Å². The van der Waals surface area contributed by atoms with E-state index in [0.29, 0.717) is 6.54 Å². The fourth-order valence-electron chi connectivity index (χ4n) is 1.67. The van der Waals surface area contributed by atoms with Crippen molar-refractivity contribution < 1.29 is 5.11 Å². The Balaban J connectivity index is 1.85. The zero-order chi connectivity index (χ0) is 13.3. The third kappa shape index (κ3) is 4.31. The Bertz CT molecular complexity index is 473. The van der Waals surface area contributed by atoms with Crippen LogP contribution in [0.4, 0.5) is 5.82 Å². The van der Waals surface area contributed by atoms with Gasteiger partial charge < -0.3 is 15.7 Å². The molecule has 0 fully saturated rings. The number of benzene rings is 1. The molecule has 0 radical (unpaired) electrons. The van der Waals surface area contributed by atoms with Crippen LogP contribution in [0.3, 0.4) is 0 Å². The van der Waals surface area contributed by atoms with E-state index in [2.05, 4.69) is 20.8 Å². The van der Waals surface area contributed by atoms with E-state index >= 15 is 0 Å². The number of aromatic nitrogens is 2. The van der Waals surface area contributed by atoms with Crippen molar-refractivity contribution in [3.8, 4) is 11.3 Å². The second-order valence-corrected chi connectivity index (χ2v) is 4.07. The summed E-state index contributed by atoms with van der Waals surface area (Å²) in [5, 5.41) is 23.2. The molecule has 0 aliphatic heterocycles. The van der Waals surface area contributed by atoms with Gasteiger partial charge in [-0.15, -0.1) is 10.2 Å². The Morgan fingerprint density at radius 3 is 2.42 bits per heavy atom. The first-order chi connectivity index (χ1) is 9.40. The van der Waals surface area contributed by atoms with Crippen LogP contribution in [0, 0.1) is 0 Å². The predicted molar refractivity (Wildman–Crippen MR) is 75.9 cm³/mol. The lowest BCUT2D eigenvalue weighted by molar-refractivity contribution is 0.293. The lowest BCUT2D eigenvalue weighted by Crippen LogP contribution is -2.25. The highest BCUT2D eigenvalue weighted by Crippen LogP contribution is 2.15. The molecule has 19 heavy (non-hydrogen) atoms. The molecule has 3 N–H and O–H groups in total. The van der Waals surface area contributed by atoms with Crippen LogP contribution >= 0.6 is 0 Å². The number of hydrogen-bond acceptors (Lipinski definition) is 5. The van der Waals surface area contributed by atoms with Gasteiger partial charge in [0.1, 0.15) is 5.82 Å². The molecule has 0 aliphatic rings. The highest BCUT2D eigenvalue weighted by molar-refractivity contribution is 5.59. The van der Waals surface area contributed by atoms with E-state index in [4.69, 9.17) is 5.11 Å². The number of rotatable bonds is 7. The molecule has 100 valence electrons. The van der Waals surface area contributed by atoms with Crippen molar-refractivity contribution in [1.82, 2.24) is 15.5 Å². The molecule has 1 aromatic carbocycles.